The van der Waals surface area contributed by atoms with Crippen molar-refractivity contribution in [1.82, 2.24) is 9.97 Å². The smallest absolute Gasteiger partial charge is 0.319 e. The van der Waals surface area contributed by atoms with E-state index in [2.05, 4.69) is 9.97 Å². The van der Waals surface area contributed by atoms with E-state index in [0.29, 0.717) is 24.8 Å². The van der Waals surface area contributed by atoms with Crippen LogP contribution in [-0.2, 0) is 27.1 Å². The monoisotopic (exact) mass is 396 g/mol. The number of aryl methyl sites for hydroxylation is 2. The van der Waals surface area contributed by atoms with Crippen molar-refractivity contribution in [1.29, 1.82) is 0 Å². The third-order valence-electron chi connectivity index (χ3n) is 4.37. The number of H-pyrrole nitrogens is 1. The molecule has 0 radical (unpaired) electrons. The normalized spacial score (nSPS) is 15.0. The van der Waals surface area contributed by atoms with Gasteiger partial charge in [0.2, 0.25) is 0 Å². The van der Waals surface area contributed by atoms with Crippen LogP contribution in [0.5, 0.6) is 0 Å². The van der Waals surface area contributed by atoms with Gasteiger partial charge in [0, 0.05) is 11.5 Å². The zero-order valence-electron chi connectivity index (χ0n) is 15.1. The number of rotatable bonds is 8. The lowest BCUT2D eigenvalue weighted by molar-refractivity contribution is -0.144. The molecule has 0 aliphatic heterocycles. The van der Waals surface area contributed by atoms with Crippen molar-refractivity contribution in [2.45, 2.75) is 56.4 Å². The number of aromatic amines is 1. The molecule has 6 nitrogen and oxygen atoms in total. The molecule has 0 saturated heterocycles. The summed E-state index contributed by atoms with van der Waals surface area (Å²) < 4.78 is 10.4. The molecule has 0 unspecified atom stereocenters. The molecule has 0 saturated carbocycles. The van der Waals surface area contributed by atoms with E-state index in [4.69, 9.17) is 9.47 Å². The summed E-state index contributed by atoms with van der Waals surface area (Å²) in [6.07, 6.45) is 4.88. The van der Waals surface area contributed by atoms with Gasteiger partial charge >= 0.3 is 5.97 Å². The van der Waals surface area contributed by atoms with Crippen molar-refractivity contribution in [3.8, 4) is 0 Å². The van der Waals surface area contributed by atoms with Gasteiger partial charge in [-0.2, -0.15) is 0 Å². The van der Waals surface area contributed by atoms with Crippen molar-refractivity contribution in [3.05, 3.63) is 20.8 Å². The van der Waals surface area contributed by atoms with Crippen LogP contribution < -0.4 is 5.56 Å². The minimum atomic E-state index is -0.396. The molecule has 142 valence electrons. The molecule has 0 bridgehead atoms. The van der Waals surface area contributed by atoms with E-state index < -0.39 is 5.25 Å². The first-order valence-electron chi connectivity index (χ1n) is 9.09. The molecular weight excluding hydrogens is 372 g/mol. The molecular formula is C18H24N2O4S2. The summed E-state index contributed by atoms with van der Waals surface area (Å²) in [5.41, 5.74) is 1.07. The number of nitrogens with one attached hydrogen (secondary N) is 1. The number of ether oxygens (including phenoxy) is 2. The van der Waals surface area contributed by atoms with Crippen LogP contribution in [0, 0.1) is 0 Å². The number of nitrogens with zero attached hydrogens (tertiary/aromatic N) is 1. The Bertz CT molecular complexity index is 830. The number of hydrogen-bond donors (Lipinski definition) is 1. The molecule has 1 aliphatic carbocycles. The second kappa shape index (κ2) is 9.01. The van der Waals surface area contributed by atoms with E-state index in [1.807, 2.05) is 13.8 Å². The Hall–Kier alpha value is -1.38. The van der Waals surface area contributed by atoms with Gasteiger partial charge in [-0.3, -0.25) is 9.59 Å². The summed E-state index contributed by atoms with van der Waals surface area (Å²) >= 11 is 2.87. The molecule has 3 rings (SSSR count). The molecule has 2 heterocycles. The summed E-state index contributed by atoms with van der Waals surface area (Å²) in [5, 5.41) is 0.822. The molecule has 1 aliphatic rings. The van der Waals surface area contributed by atoms with Crippen LogP contribution >= 0.6 is 23.1 Å². The Kier molecular flexibility index (Phi) is 6.72. The second-order valence-corrected chi connectivity index (χ2v) is 8.42. The summed E-state index contributed by atoms with van der Waals surface area (Å²) in [6.45, 7) is 5.05. The average Bonchev–Trinajstić information content (AvgIpc) is 3.01. The number of carbonyl (C=O) groups excluding carboxylic acids is 1. The van der Waals surface area contributed by atoms with Crippen LogP contribution in [-0.4, -0.2) is 41.0 Å². The predicted octanol–water partition coefficient (Wildman–Crippen LogP) is 3.31. The lowest BCUT2D eigenvalue weighted by Gasteiger charge is -2.13. The van der Waals surface area contributed by atoms with E-state index in [1.165, 1.54) is 28.6 Å². The summed E-state index contributed by atoms with van der Waals surface area (Å²) in [5.74, 6) is -0.301. The lowest BCUT2D eigenvalue weighted by atomic mass is 9.97. The first kappa shape index (κ1) is 19.4. The van der Waals surface area contributed by atoms with Crippen molar-refractivity contribution < 1.29 is 14.3 Å². The van der Waals surface area contributed by atoms with Gasteiger partial charge in [0.05, 0.1) is 12.0 Å². The summed E-state index contributed by atoms with van der Waals surface area (Å²) in [4.78, 5) is 34.3. The highest BCUT2D eigenvalue weighted by atomic mass is 32.2. The largest absolute Gasteiger partial charge is 0.462 e. The van der Waals surface area contributed by atoms with Crippen LogP contribution in [0.2, 0.25) is 0 Å². The fraction of sp³-hybridized carbons (Fsp3) is 0.611. The zero-order valence-corrected chi connectivity index (χ0v) is 16.8. The van der Waals surface area contributed by atoms with Gasteiger partial charge in [0.15, 0.2) is 5.16 Å². The van der Waals surface area contributed by atoms with E-state index in [1.54, 1.807) is 11.3 Å². The van der Waals surface area contributed by atoms with Crippen LogP contribution in [0.4, 0.5) is 0 Å². The minimum Gasteiger partial charge on any atom is -0.462 e. The second-order valence-electron chi connectivity index (χ2n) is 6.14. The van der Waals surface area contributed by atoms with Crippen LogP contribution in [0.25, 0.3) is 10.2 Å². The van der Waals surface area contributed by atoms with Crippen LogP contribution in [0.15, 0.2) is 9.95 Å². The maximum absolute atomic E-state index is 12.6. The van der Waals surface area contributed by atoms with Crippen molar-refractivity contribution in [2.75, 3.05) is 19.8 Å². The number of esters is 1. The number of thiophene rings is 1. The van der Waals surface area contributed by atoms with Gasteiger partial charge in [0.1, 0.15) is 16.7 Å². The van der Waals surface area contributed by atoms with Crippen LogP contribution in [0.1, 0.15) is 43.6 Å². The van der Waals surface area contributed by atoms with Gasteiger partial charge in [-0.25, -0.2) is 4.98 Å². The highest BCUT2D eigenvalue weighted by Gasteiger charge is 2.23. The Labute approximate surface area is 160 Å². The number of carbonyl (C=O) groups is 1. The summed E-state index contributed by atoms with van der Waals surface area (Å²) in [6, 6.07) is 0. The number of aromatic nitrogens is 2. The van der Waals surface area contributed by atoms with Crippen molar-refractivity contribution in [3.63, 3.8) is 0 Å². The third kappa shape index (κ3) is 4.29. The molecule has 0 spiro atoms. The summed E-state index contributed by atoms with van der Waals surface area (Å²) in [7, 11) is 0. The molecule has 2 aromatic heterocycles. The molecule has 2 aromatic rings. The Morgan fingerprint density at radius 1 is 1.31 bits per heavy atom. The molecule has 0 aromatic carbocycles. The molecule has 26 heavy (non-hydrogen) atoms. The number of fused-ring (bicyclic) bond motifs is 3. The maximum Gasteiger partial charge on any atom is 0.319 e. The quantitative estimate of drug-likeness (QED) is 0.319. The van der Waals surface area contributed by atoms with E-state index in [0.717, 1.165) is 29.5 Å². The van der Waals surface area contributed by atoms with Gasteiger partial charge in [-0.1, -0.05) is 18.7 Å². The molecule has 8 heteroatoms. The lowest BCUT2D eigenvalue weighted by Crippen LogP contribution is -2.22. The topological polar surface area (TPSA) is 81.3 Å². The van der Waals surface area contributed by atoms with E-state index in [-0.39, 0.29) is 18.1 Å². The van der Waals surface area contributed by atoms with Gasteiger partial charge in [-0.05, 0) is 44.6 Å². The van der Waals surface area contributed by atoms with Gasteiger partial charge < -0.3 is 14.5 Å². The highest BCUT2D eigenvalue weighted by Crippen LogP contribution is 2.34. The van der Waals surface area contributed by atoms with Gasteiger partial charge in [0.25, 0.3) is 5.56 Å². The molecule has 1 N–H and O–H groups in total. The van der Waals surface area contributed by atoms with E-state index >= 15 is 0 Å². The Morgan fingerprint density at radius 3 is 2.88 bits per heavy atom. The number of thioether (sulfide) groups is 1. The number of hydrogen-bond acceptors (Lipinski definition) is 7. The van der Waals surface area contributed by atoms with Gasteiger partial charge in [-0.15, -0.1) is 11.3 Å². The standard InChI is InChI=1S/C18H24N2O4S2/c1-3-12(17(22)24-10-9-23-4-2)26-18-19-15(21)14-11-7-5-6-8-13(11)25-16(14)20-18/h12H,3-10H2,1-2H3,(H,19,20,21)/t12-/m0/s1. The molecule has 0 fully saturated rings. The van der Waals surface area contributed by atoms with E-state index in [9.17, 15) is 9.59 Å². The van der Waals surface area contributed by atoms with Crippen molar-refractivity contribution in [2.24, 2.45) is 0 Å². The Balaban J connectivity index is 1.75. The zero-order chi connectivity index (χ0) is 18.5. The molecule has 0 amide bonds. The highest BCUT2D eigenvalue weighted by molar-refractivity contribution is 8.00. The third-order valence-corrected chi connectivity index (χ3v) is 6.78. The maximum atomic E-state index is 12.6. The fourth-order valence-corrected chi connectivity index (χ4v) is 5.29. The minimum absolute atomic E-state index is 0.100. The Morgan fingerprint density at radius 2 is 2.12 bits per heavy atom. The molecule has 1 atom stereocenters. The first-order chi connectivity index (χ1) is 12.6. The predicted molar refractivity (Wildman–Crippen MR) is 104 cm³/mol. The fourth-order valence-electron chi connectivity index (χ4n) is 3.07. The van der Waals surface area contributed by atoms with Crippen LogP contribution in [0.3, 0.4) is 0 Å². The van der Waals surface area contributed by atoms with Crippen molar-refractivity contribution >= 4 is 39.3 Å². The first-order valence-corrected chi connectivity index (χ1v) is 10.8. The average molecular weight is 397 g/mol. The SMILES string of the molecule is CCOCCOC(=O)[C@H](CC)Sc1nc2sc3c(c2c(=O)[nH]1)CCCC3.